The smallest absolute Gasteiger partial charge is 0.410 e. The summed E-state index contributed by atoms with van der Waals surface area (Å²) >= 11 is 8.53. The van der Waals surface area contributed by atoms with E-state index < -0.39 is 5.60 Å². The van der Waals surface area contributed by atoms with E-state index in [0.29, 0.717) is 37.6 Å². The van der Waals surface area contributed by atoms with Crippen molar-refractivity contribution in [3.63, 3.8) is 0 Å². The number of allylic oxidation sites excluding steroid dienone is 1. The number of carbonyl (C=O) groups is 2. The predicted octanol–water partition coefficient (Wildman–Crippen LogP) is 7.64. The Morgan fingerprint density at radius 2 is 1.79 bits per heavy atom. The van der Waals surface area contributed by atoms with E-state index in [9.17, 15) is 9.59 Å². The molecule has 42 heavy (non-hydrogen) atoms. The number of fused-ring (bicyclic) bond motifs is 3. The first-order chi connectivity index (χ1) is 20.0. The number of nitrogens with zero attached hydrogens (tertiary/aromatic N) is 3. The molecule has 2 aliphatic rings. The van der Waals surface area contributed by atoms with Crippen LogP contribution in [0, 0.1) is 0 Å². The minimum atomic E-state index is -0.564. The third kappa shape index (κ3) is 6.74. The maximum Gasteiger partial charge on any atom is 0.410 e. The summed E-state index contributed by atoms with van der Waals surface area (Å²) < 4.78 is 5.71. The predicted molar refractivity (Wildman–Crippen MR) is 171 cm³/mol. The normalized spacial score (nSPS) is 17.4. The first-order valence-corrected chi connectivity index (χ1v) is 15.8. The molecule has 2 aromatic carbocycles. The SMILES string of the molecule is CC(C)=CCN1CC(=O)N(CCc2ccccc2)c2sc3c(c2C1c1ccccc1Cl)CCN(C(=O)OC(C)(C)C)C3. The highest BCUT2D eigenvalue weighted by molar-refractivity contribution is 7.16. The second-order valence-electron chi connectivity index (χ2n) is 12.3. The molecule has 1 aromatic heterocycles. The Balaban J connectivity index is 1.62. The summed E-state index contributed by atoms with van der Waals surface area (Å²) in [6.07, 6.45) is 3.32. The first kappa shape index (κ1) is 30.3. The highest BCUT2D eigenvalue weighted by atomic mass is 35.5. The highest BCUT2D eigenvalue weighted by Crippen LogP contribution is 2.49. The molecule has 1 unspecified atom stereocenters. The van der Waals surface area contributed by atoms with Crippen molar-refractivity contribution in [2.24, 2.45) is 0 Å². The molecule has 0 aliphatic carbocycles. The van der Waals surface area contributed by atoms with E-state index >= 15 is 0 Å². The zero-order valence-electron chi connectivity index (χ0n) is 25.2. The molecule has 2 amide bonds. The van der Waals surface area contributed by atoms with Gasteiger partial charge in [0.15, 0.2) is 0 Å². The fourth-order valence-corrected chi connectivity index (χ4v) is 7.33. The van der Waals surface area contributed by atoms with Crippen molar-refractivity contribution in [3.05, 3.63) is 98.4 Å². The van der Waals surface area contributed by atoms with Crippen LogP contribution in [0.3, 0.4) is 0 Å². The molecule has 6 nitrogen and oxygen atoms in total. The van der Waals surface area contributed by atoms with Crippen LogP contribution in [0.15, 0.2) is 66.2 Å². The Kier molecular flexibility index (Phi) is 9.11. The summed E-state index contributed by atoms with van der Waals surface area (Å²) in [4.78, 5) is 34.3. The number of amides is 2. The molecule has 0 radical (unpaired) electrons. The van der Waals surface area contributed by atoms with Crippen molar-refractivity contribution >= 4 is 39.9 Å². The van der Waals surface area contributed by atoms with Crippen LogP contribution in [-0.2, 0) is 28.9 Å². The number of ether oxygens (including phenoxy) is 1. The number of anilines is 1. The van der Waals surface area contributed by atoms with Gasteiger partial charge in [-0.15, -0.1) is 11.3 Å². The second kappa shape index (κ2) is 12.6. The van der Waals surface area contributed by atoms with Crippen LogP contribution in [0.5, 0.6) is 0 Å². The van der Waals surface area contributed by atoms with E-state index in [1.54, 1.807) is 16.2 Å². The van der Waals surface area contributed by atoms with Crippen molar-refractivity contribution < 1.29 is 14.3 Å². The van der Waals surface area contributed by atoms with E-state index in [2.05, 4.69) is 43.0 Å². The monoisotopic (exact) mass is 605 g/mol. The molecule has 0 saturated carbocycles. The standard InChI is InChI=1S/C34H40ClN3O3S/c1-23(2)15-18-36-22-29(39)38(20-16-24-11-7-6-8-12-24)32-30(31(36)25-13-9-10-14-27(25)35)26-17-19-37(21-28(26)42-32)33(40)41-34(3,4)5/h6-15,31H,16-22H2,1-5H3. The molecule has 0 saturated heterocycles. The van der Waals surface area contributed by atoms with E-state index in [1.807, 2.05) is 62.1 Å². The molecular weight excluding hydrogens is 566 g/mol. The van der Waals surface area contributed by atoms with Crippen molar-refractivity contribution in [2.45, 2.75) is 65.6 Å². The average Bonchev–Trinajstić information content (AvgIpc) is 3.25. The number of halogens is 1. The van der Waals surface area contributed by atoms with Gasteiger partial charge in [-0.2, -0.15) is 0 Å². The minimum Gasteiger partial charge on any atom is -0.444 e. The Morgan fingerprint density at radius 3 is 2.48 bits per heavy atom. The third-order valence-electron chi connectivity index (χ3n) is 7.65. The van der Waals surface area contributed by atoms with Crippen LogP contribution >= 0.6 is 22.9 Å². The topological polar surface area (TPSA) is 53.1 Å². The van der Waals surface area contributed by atoms with Crippen molar-refractivity contribution in [3.8, 4) is 0 Å². The van der Waals surface area contributed by atoms with Gasteiger partial charge in [0.2, 0.25) is 5.91 Å². The van der Waals surface area contributed by atoms with E-state index in [1.165, 1.54) is 16.7 Å². The zero-order chi connectivity index (χ0) is 30.0. The lowest BCUT2D eigenvalue weighted by atomic mass is 9.91. The van der Waals surface area contributed by atoms with E-state index in [-0.39, 0.29) is 24.6 Å². The summed E-state index contributed by atoms with van der Waals surface area (Å²) in [5.74, 6) is 0.0755. The Hall–Kier alpha value is -3.13. The lowest BCUT2D eigenvalue weighted by Crippen LogP contribution is -2.41. The lowest BCUT2D eigenvalue weighted by Gasteiger charge is -2.33. The Labute approximate surface area is 258 Å². The molecule has 3 aromatic rings. The van der Waals surface area contributed by atoms with Gasteiger partial charge < -0.3 is 14.5 Å². The quantitative estimate of drug-likeness (QED) is 0.271. The van der Waals surface area contributed by atoms with Gasteiger partial charge in [-0.25, -0.2) is 4.79 Å². The Bertz CT molecular complexity index is 1470. The fraction of sp³-hybridized carbons (Fsp3) is 0.412. The fourth-order valence-electron chi connectivity index (χ4n) is 5.66. The molecule has 0 bridgehead atoms. The molecule has 5 rings (SSSR count). The number of carbonyl (C=O) groups excluding carboxylic acids is 2. The second-order valence-corrected chi connectivity index (χ2v) is 13.8. The average molecular weight is 606 g/mol. The van der Waals surface area contributed by atoms with Gasteiger partial charge >= 0.3 is 6.09 Å². The molecule has 0 N–H and O–H groups in total. The zero-order valence-corrected chi connectivity index (χ0v) is 26.7. The maximum atomic E-state index is 14.1. The molecule has 3 heterocycles. The van der Waals surface area contributed by atoms with Gasteiger partial charge in [0.1, 0.15) is 10.6 Å². The van der Waals surface area contributed by atoms with Crippen molar-refractivity contribution in [1.82, 2.24) is 9.80 Å². The molecule has 1 atom stereocenters. The molecule has 0 fully saturated rings. The number of thiophene rings is 1. The number of benzene rings is 2. The number of hydrogen-bond acceptors (Lipinski definition) is 5. The lowest BCUT2D eigenvalue weighted by molar-refractivity contribution is -0.119. The first-order valence-electron chi connectivity index (χ1n) is 14.6. The number of rotatable bonds is 6. The van der Waals surface area contributed by atoms with Crippen LogP contribution < -0.4 is 4.90 Å². The van der Waals surface area contributed by atoms with Crippen LogP contribution in [0.2, 0.25) is 5.02 Å². The van der Waals surface area contributed by atoms with Gasteiger partial charge in [-0.1, -0.05) is 71.8 Å². The highest BCUT2D eigenvalue weighted by Gasteiger charge is 2.40. The summed E-state index contributed by atoms with van der Waals surface area (Å²) in [5.41, 5.74) is 5.19. The summed E-state index contributed by atoms with van der Waals surface area (Å²) in [6, 6.07) is 18.1. The van der Waals surface area contributed by atoms with Crippen molar-refractivity contribution in [2.75, 3.05) is 31.1 Å². The van der Waals surface area contributed by atoms with Crippen LogP contribution in [-0.4, -0.2) is 53.6 Å². The summed E-state index contributed by atoms with van der Waals surface area (Å²) in [6.45, 7) is 12.4. The van der Waals surface area contributed by atoms with Gasteiger partial charge in [0, 0.05) is 35.1 Å². The van der Waals surface area contributed by atoms with Gasteiger partial charge in [0.25, 0.3) is 0 Å². The van der Waals surface area contributed by atoms with Crippen LogP contribution in [0.4, 0.5) is 9.80 Å². The molecular formula is C34H40ClN3O3S. The summed E-state index contributed by atoms with van der Waals surface area (Å²) in [7, 11) is 0. The molecule has 0 spiro atoms. The van der Waals surface area contributed by atoms with Crippen molar-refractivity contribution in [1.29, 1.82) is 0 Å². The van der Waals surface area contributed by atoms with Gasteiger partial charge in [-0.3, -0.25) is 9.69 Å². The van der Waals surface area contributed by atoms with Gasteiger partial charge in [0.05, 0.1) is 19.1 Å². The molecule has 222 valence electrons. The summed E-state index contributed by atoms with van der Waals surface area (Å²) in [5, 5.41) is 1.66. The van der Waals surface area contributed by atoms with E-state index in [0.717, 1.165) is 27.4 Å². The minimum absolute atomic E-state index is 0.0755. The van der Waals surface area contributed by atoms with Gasteiger partial charge in [-0.05, 0) is 70.2 Å². The Morgan fingerprint density at radius 1 is 1.07 bits per heavy atom. The molecule has 8 heteroatoms. The molecule has 2 aliphatic heterocycles. The maximum absolute atomic E-state index is 14.1. The van der Waals surface area contributed by atoms with Crippen LogP contribution in [0.25, 0.3) is 0 Å². The largest absolute Gasteiger partial charge is 0.444 e. The van der Waals surface area contributed by atoms with Crippen LogP contribution in [0.1, 0.15) is 67.8 Å². The third-order valence-corrected chi connectivity index (χ3v) is 9.25. The van der Waals surface area contributed by atoms with E-state index in [4.69, 9.17) is 16.3 Å². The number of hydrogen-bond donors (Lipinski definition) is 0.